The second-order valence-corrected chi connectivity index (χ2v) is 7.61. The van der Waals surface area contributed by atoms with Gasteiger partial charge in [-0.15, -0.1) is 0 Å². The first-order valence-electron chi connectivity index (χ1n) is 7.36. The Hall–Kier alpha value is -2.00. The summed E-state index contributed by atoms with van der Waals surface area (Å²) in [6.07, 6.45) is 2.97. The van der Waals surface area contributed by atoms with Crippen molar-refractivity contribution >= 4 is 27.0 Å². The van der Waals surface area contributed by atoms with Gasteiger partial charge in [0, 0.05) is 25.2 Å². The minimum atomic E-state index is -3.90. The molecule has 1 atom stereocenters. The van der Waals surface area contributed by atoms with E-state index in [0.29, 0.717) is 36.0 Å². The molecule has 0 aromatic carbocycles. The van der Waals surface area contributed by atoms with Gasteiger partial charge in [0.25, 0.3) is 0 Å². The lowest BCUT2D eigenvalue weighted by Crippen LogP contribution is -2.47. The number of aryl methyl sites for hydroxylation is 2. The second kappa shape index (κ2) is 5.57. The highest BCUT2D eigenvalue weighted by Crippen LogP contribution is 2.27. The smallest absolute Gasteiger partial charge is 0.322 e. The minimum absolute atomic E-state index is 0.00856. The van der Waals surface area contributed by atoms with Gasteiger partial charge in [-0.3, -0.25) is 9.48 Å². The van der Waals surface area contributed by atoms with Gasteiger partial charge in [0.05, 0.1) is 5.69 Å². The zero-order chi connectivity index (χ0) is 16.8. The van der Waals surface area contributed by atoms with E-state index in [1.165, 1.54) is 12.3 Å². The third-order valence-corrected chi connectivity index (χ3v) is 6.06. The standard InChI is InChI=1S/C14H18N4O4S/c1-9-11-7-10(8-15-13(11)17(2)16-9)23(21,22)18-6-4-3-5-12(18)14(19)20/h7-8,12H,3-6H2,1-2H3,(H,19,20). The number of hydrogen-bond acceptors (Lipinski definition) is 5. The first kappa shape index (κ1) is 15.9. The van der Waals surface area contributed by atoms with Crippen LogP contribution in [-0.4, -0.2) is 51.1 Å². The predicted molar refractivity (Wildman–Crippen MR) is 82.4 cm³/mol. The van der Waals surface area contributed by atoms with Gasteiger partial charge in [0.15, 0.2) is 5.65 Å². The van der Waals surface area contributed by atoms with Crippen molar-refractivity contribution in [3.05, 3.63) is 18.0 Å². The molecule has 1 fully saturated rings. The summed E-state index contributed by atoms with van der Waals surface area (Å²) in [6.45, 7) is 1.99. The van der Waals surface area contributed by atoms with Crippen LogP contribution < -0.4 is 0 Å². The van der Waals surface area contributed by atoms with Crippen LogP contribution in [0.25, 0.3) is 11.0 Å². The van der Waals surface area contributed by atoms with Crippen LogP contribution in [-0.2, 0) is 21.9 Å². The lowest BCUT2D eigenvalue weighted by molar-refractivity contribution is -0.142. The molecule has 1 aliphatic rings. The van der Waals surface area contributed by atoms with Crippen molar-refractivity contribution in [3.63, 3.8) is 0 Å². The largest absolute Gasteiger partial charge is 0.480 e. The summed E-state index contributed by atoms with van der Waals surface area (Å²) >= 11 is 0. The molecule has 3 heterocycles. The van der Waals surface area contributed by atoms with Gasteiger partial charge in [-0.2, -0.15) is 9.40 Å². The highest BCUT2D eigenvalue weighted by molar-refractivity contribution is 7.89. The summed E-state index contributed by atoms with van der Waals surface area (Å²) in [5, 5.41) is 14.2. The molecule has 9 heteroatoms. The molecular weight excluding hydrogens is 320 g/mol. The average Bonchev–Trinajstić information content (AvgIpc) is 2.81. The first-order valence-corrected chi connectivity index (χ1v) is 8.80. The fourth-order valence-electron chi connectivity index (χ4n) is 3.00. The summed E-state index contributed by atoms with van der Waals surface area (Å²) in [5.41, 5.74) is 1.27. The molecular formula is C14H18N4O4S. The molecule has 124 valence electrons. The molecule has 1 aliphatic heterocycles. The zero-order valence-electron chi connectivity index (χ0n) is 12.9. The van der Waals surface area contributed by atoms with E-state index >= 15 is 0 Å². The van der Waals surface area contributed by atoms with Crippen LogP contribution in [0, 0.1) is 6.92 Å². The molecule has 1 saturated heterocycles. The molecule has 0 amide bonds. The highest BCUT2D eigenvalue weighted by atomic mass is 32.2. The molecule has 23 heavy (non-hydrogen) atoms. The number of aromatic nitrogens is 3. The lowest BCUT2D eigenvalue weighted by atomic mass is 10.1. The van der Waals surface area contributed by atoms with Gasteiger partial charge >= 0.3 is 5.97 Å². The Kier molecular flexibility index (Phi) is 3.85. The molecule has 2 aromatic heterocycles. The van der Waals surface area contributed by atoms with E-state index in [4.69, 9.17) is 0 Å². The number of nitrogens with zero attached hydrogens (tertiary/aromatic N) is 4. The predicted octanol–water partition coefficient (Wildman–Crippen LogP) is 0.905. The van der Waals surface area contributed by atoms with E-state index < -0.39 is 22.0 Å². The van der Waals surface area contributed by atoms with E-state index in [0.717, 1.165) is 4.31 Å². The van der Waals surface area contributed by atoms with Gasteiger partial charge in [-0.25, -0.2) is 13.4 Å². The molecule has 3 rings (SSSR count). The number of piperidine rings is 1. The van der Waals surface area contributed by atoms with Crippen LogP contribution in [0.2, 0.25) is 0 Å². The Morgan fingerprint density at radius 1 is 1.39 bits per heavy atom. The van der Waals surface area contributed by atoms with Crippen LogP contribution in [0.15, 0.2) is 17.2 Å². The monoisotopic (exact) mass is 338 g/mol. The van der Waals surface area contributed by atoms with Crippen molar-refractivity contribution in [2.24, 2.45) is 7.05 Å². The Morgan fingerprint density at radius 2 is 2.13 bits per heavy atom. The van der Waals surface area contributed by atoms with E-state index in [1.54, 1.807) is 18.7 Å². The zero-order valence-corrected chi connectivity index (χ0v) is 13.7. The van der Waals surface area contributed by atoms with Crippen molar-refractivity contribution < 1.29 is 18.3 Å². The second-order valence-electron chi connectivity index (χ2n) is 5.72. The Bertz CT molecular complexity index is 874. The maximum Gasteiger partial charge on any atom is 0.322 e. The first-order chi connectivity index (χ1) is 10.8. The molecule has 8 nitrogen and oxygen atoms in total. The van der Waals surface area contributed by atoms with Crippen molar-refractivity contribution in [2.45, 2.75) is 37.1 Å². The topological polar surface area (TPSA) is 105 Å². The minimum Gasteiger partial charge on any atom is -0.480 e. The molecule has 0 radical (unpaired) electrons. The van der Waals surface area contributed by atoms with Gasteiger partial charge in [0.1, 0.15) is 10.9 Å². The molecule has 0 aliphatic carbocycles. The van der Waals surface area contributed by atoms with Gasteiger partial charge in [0.2, 0.25) is 10.0 Å². The van der Waals surface area contributed by atoms with Crippen molar-refractivity contribution in [3.8, 4) is 0 Å². The Morgan fingerprint density at radius 3 is 2.83 bits per heavy atom. The summed E-state index contributed by atoms with van der Waals surface area (Å²) in [5.74, 6) is -1.11. The highest BCUT2D eigenvalue weighted by Gasteiger charge is 2.38. The summed E-state index contributed by atoms with van der Waals surface area (Å²) in [4.78, 5) is 15.6. The average molecular weight is 338 g/mol. The van der Waals surface area contributed by atoms with Gasteiger partial charge < -0.3 is 5.11 Å². The third-order valence-electron chi connectivity index (χ3n) is 4.18. The number of carboxylic acid groups (broad SMARTS) is 1. The van der Waals surface area contributed by atoms with Crippen LogP contribution in [0.3, 0.4) is 0 Å². The van der Waals surface area contributed by atoms with Crippen molar-refractivity contribution in [1.82, 2.24) is 19.1 Å². The fourth-order valence-corrected chi connectivity index (χ4v) is 4.63. The molecule has 2 aromatic rings. The summed E-state index contributed by atoms with van der Waals surface area (Å²) < 4.78 is 28.4. The van der Waals surface area contributed by atoms with Gasteiger partial charge in [-0.1, -0.05) is 0 Å². The molecule has 0 spiro atoms. The molecule has 0 bridgehead atoms. The van der Waals surface area contributed by atoms with E-state index in [-0.39, 0.29) is 11.4 Å². The lowest BCUT2D eigenvalue weighted by Gasteiger charge is -2.31. The number of pyridine rings is 1. The van der Waals surface area contributed by atoms with Crippen LogP contribution in [0.4, 0.5) is 0 Å². The number of fused-ring (bicyclic) bond motifs is 1. The number of carboxylic acids is 1. The van der Waals surface area contributed by atoms with Crippen LogP contribution in [0.5, 0.6) is 0 Å². The van der Waals surface area contributed by atoms with Crippen LogP contribution >= 0.6 is 0 Å². The van der Waals surface area contributed by atoms with Crippen molar-refractivity contribution in [1.29, 1.82) is 0 Å². The van der Waals surface area contributed by atoms with Crippen LogP contribution in [0.1, 0.15) is 25.0 Å². The Balaban J connectivity index is 2.08. The van der Waals surface area contributed by atoms with E-state index in [1.807, 2.05) is 0 Å². The summed E-state index contributed by atoms with van der Waals surface area (Å²) in [7, 11) is -2.16. The van der Waals surface area contributed by atoms with Crippen molar-refractivity contribution in [2.75, 3.05) is 6.54 Å². The number of sulfonamides is 1. The number of hydrogen-bond donors (Lipinski definition) is 1. The molecule has 1 N–H and O–H groups in total. The third kappa shape index (κ3) is 2.59. The normalized spacial score (nSPS) is 20.0. The number of carbonyl (C=O) groups is 1. The fraction of sp³-hybridized carbons (Fsp3) is 0.500. The maximum absolute atomic E-state index is 12.9. The number of aliphatic carboxylic acids is 1. The number of rotatable bonds is 3. The maximum atomic E-state index is 12.9. The Labute approximate surface area is 133 Å². The SMILES string of the molecule is Cc1nn(C)c2ncc(S(=O)(=O)N3CCCCC3C(=O)O)cc12. The van der Waals surface area contributed by atoms with Gasteiger partial charge in [-0.05, 0) is 32.3 Å². The quantitative estimate of drug-likeness (QED) is 0.891. The van der Waals surface area contributed by atoms with E-state index in [9.17, 15) is 18.3 Å². The molecule has 1 unspecified atom stereocenters. The summed E-state index contributed by atoms with van der Waals surface area (Å²) in [6, 6.07) is 0.507. The van der Waals surface area contributed by atoms with E-state index in [2.05, 4.69) is 10.1 Å². The molecule has 0 saturated carbocycles.